The Morgan fingerprint density at radius 2 is 0.707 bits per heavy atom. The zero-order chi connectivity index (χ0) is 42.3. The van der Waals surface area contributed by atoms with Gasteiger partial charge in [-0.15, -0.1) is 0 Å². The maximum Gasteiger partial charge on any atom is 0.306 e. The van der Waals surface area contributed by atoms with Gasteiger partial charge in [-0.05, 0) is 89.9 Å². The Balaban J connectivity index is 4.55. The topological polar surface area (TPSA) is 78.9 Å². The van der Waals surface area contributed by atoms with Crippen LogP contribution >= 0.6 is 0 Å². The standard InChI is InChI=1S/C52H80O6/c1-4-7-10-13-16-19-22-25-28-30-33-36-39-42-45-51(54)57-48-49(58-52(55)46-43-40-37-34-31-27-24-21-18-15-12-9-6-3)47-56-50(53)44-41-38-35-32-29-26-23-20-17-14-11-8-5-2/h7-12,14-21,23-25,27-28,31,49H,4-6,13,22,26,29-30,32-48H2,1-3H3/b10-7+,11-8+,12-9+,17-14+,18-15+,19-16+,23-20+,24-21+,28-25+,31-27+. The molecule has 0 saturated carbocycles. The molecule has 0 aromatic carbocycles. The van der Waals surface area contributed by atoms with Gasteiger partial charge in [-0.25, -0.2) is 0 Å². The van der Waals surface area contributed by atoms with Crippen molar-refractivity contribution in [1.82, 2.24) is 0 Å². The largest absolute Gasteiger partial charge is 0.462 e. The lowest BCUT2D eigenvalue weighted by Gasteiger charge is -2.18. The number of hydrogen-bond acceptors (Lipinski definition) is 6. The van der Waals surface area contributed by atoms with Gasteiger partial charge in [0.15, 0.2) is 6.10 Å². The molecule has 0 heterocycles. The minimum absolute atomic E-state index is 0.117. The molecule has 0 spiro atoms. The average Bonchev–Trinajstić information content (AvgIpc) is 3.22. The van der Waals surface area contributed by atoms with Gasteiger partial charge in [0.05, 0.1) is 0 Å². The summed E-state index contributed by atoms with van der Waals surface area (Å²) in [6, 6.07) is 0. The maximum atomic E-state index is 12.7. The Morgan fingerprint density at radius 1 is 0.362 bits per heavy atom. The van der Waals surface area contributed by atoms with Crippen LogP contribution in [0.4, 0.5) is 0 Å². The van der Waals surface area contributed by atoms with Crippen molar-refractivity contribution in [2.45, 2.75) is 175 Å². The minimum atomic E-state index is -0.818. The van der Waals surface area contributed by atoms with E-state index in [1.54, 1.807) is 0 Å². The van der Waals surface area contributed by atoms with Crippen molar-refractivity contribution in [1.29, 1.82) is 0 Å². The predicted molar refractivity (Wildman–Crippen MR) is 246 cm³/mol. The lowest BCUT2D eigenvalue weighted by Crippen LogP contribution is -2.30. The summed E-state index contributed by atoms with van der Waals surface area (Å²) in [6.07, 6.45) is 61.8. The summed E-state index contributed by atoms with van der Waals surface area (Å²) in [5.74, 6) is -1.01. The molecule has 0 aliphatic carbocycles. The molecule has 0 aromatic heterocycles. The van der Waals surface area contributed by atoms with Crippen molar-refractivity contribution in [2.75, 3.05) is 13.2 Å². The van der Waals surface area contributed by atoms with Crippen LogP contribution in [0.3, 0.4) is 0 Å². The Hall–Kier alpha value is -4.19. The molecule has 6 nitrogen and oxygen atoms in total. The molecule has 324 valence electrons. The summed E-state index contributed by atoms with van der Waals surface area (Å²) < 4.78 is 16.6. The second kappa shape index (κ2) is 45.5. The second-order valence-corrected chi connectivity index (χ2v) is 14.3. The van der Waals surface area contributed by atoms with Crippen LogP contribution in [0.25, 0.3) is 0 Å². The van der Waals surface area contributed by atoms with Crippen LogP contribution in [0, 0.1) is 0 Å². The summed E-state index contributed by atoms with van der Waals surface area (Å²) in [4.78, 5) is 37.8. The van der Waals surface area contributed by atoms with E-state index in [2.05, 4.69) is 99.8 Å². The van der Waals surface area contributed by atoms with E-state index in [0.717, 1.165) is 122 Å². The van der Waals surface area contributed by atoms with Crippen molar-refractivity contribution in [3.05, 3.63) is 122 Å². The second-order valence-electron chi connectivity index (χ2n) is 14.3. The molecule has 1 atom stereocenters. The molecule has 0 rings (SSSR count). The number of rotatable bonds is 38. The van der Waals surface area contributed by atoms with Gasteiger partial charge in [-0.3, -0.25) is 14.4 Å². The van der Waals surface area contributed by atoms with E-state index in [1.165, 1.54) is 0 Å². The van der Waals surface area contributed by atoms with Crippen molar-refractivity contribution in [3.8, 4) is 0 Å². The summed E-state index contributed by atoms with van der Waals surface area (Å²) in [7, 11) is 0. The molecule has 0 bridgehead atoms. The quantitative estimate of drug-likeness (QED) is 0.0203. The zero-order valence-electron chi connectivity index (χ0n) is 36.8. The van der Waals surface area contributed by atoms with Crippen LogP contribution in [-0.4, -0.2) is 37.2 Å². The number of carbonyl (C=O) groups is 3. The van der Waals surface area contributed by atoms with Crippen LogP contribution in [-0.2, 0) is 28.6 Å². The number of hydrogen-bond donors (Lipinski definition) is 0. The molecule has 0 fully saturated rings. The van der Waals surface area contributed by atoms with E-state index in [-0.39, 0.29) is 37.5 Å². The molecule has 0 aliphatic heterocycles. The molecular weight excluding hydrogens is 721 g/mol. The minimum Gasteiger partial charge on any atom is -0.462 e. The molecule has 6 heteroatoms. The van der Waals surface area contributed by atoms with Gasteiger partial charge in [0, 0.05) is 19.3 Å². The van der Waals surface area contributed by atoms with E-state index in [4.69, 9.17) is 14.2 Å². The molecule has 0 saturated heterocycles. The zero-order valence-corrected chi connectivity index (χ0v) is 36.8. The van der Waals surface area contributed by atoms with Crippen LogP contribution in [0.5, 0.6) is 0 Å². The van der Waals surface area contributed by atoms with E-state index < -0.39 is 6.10 Å². The summed E-state index contributed by atoms with van der Waals surface area (Å²) in [5.41, 5.74) is 0. The monoisotopic (exact) mass is 801 g/mol. The molecule has 0 N–H and O–H groups in total. The fourth-order valence-electron chi connectivity index (χ4n) is 5.52. The summed E-state index contributed by atoms with van der Waals surface area (Å²) >= 11 is 0. The lowest BCUT2D eigenvalue weighted by atomic mass is 10.1. The highest BCUT2D eigenvalue weighted by Crippen LogP contribution is 2.12. The highest BCUT2D eigenvalue weighted by atomic mass is 16.6. The third kappa shape index (κ3) is 42.9. The number of allylic oxidation sites excluding steroid dienone is 20. The SMILES string of the molecule is CC/C=C/C=C/C=C/C=C/CCCCCC(=O)OC(COC(=O)CCCCCC/C=C/C/C=C/C/C=C/CC)COC(=O)CCCCCCC/C=C/C=C/C=C/CC. The van der Waals surface area contributed by atoms with Crippen molar-refractivity contribution < 1.29 is 28.6 Å². The fraction of sp³-hybridized carbons (Fsp3) is 0.558. The van der Waals surface area contributed by atoms with Crippen LogP contribution < -0.4 is 0 Å². The third-order valence-electron chi connectivity index (χ3n) is 8.85. The molecule has 0 amide bonds. The fourth-order valence-corrected chi connectivity index (χ4v) is 5.52. The first-order chi connectivity index (χ1) is 28.5. The van der Waals surface area contributed by atoms with Crippen molar-refractivity contribution in [3.63, 3.8) is 0 Å². The number of ether oxygens (including phenoxy) is 3. The Morgan fingerprint density at radius 3 is 1.19 bits per heavy atom. The van der Waals surface area contributed by atoms with Crippen molar-refractivity contribution in [2.24, 2.45) is 0 Å². The van der Waals surface area contributed by atoms with Crippen molar-refractivity contribution >= 4 is 17.9 Å². The van der Waals surface area contributed by atoms with Gasteiger partial charge in [-0.2, -0.15) is 0 Å². The highest BCUT2D eigenvalue weighted by molar-refractivity contribution is 5.71. The Bertz CT molecular complexity index is 1290. The lowest BCUT2D eigenvalue weighted by molar-refractivity contribution is -0.167. The molecule has 0 aromatic rings. The van der Waals surface area contributed by atoms with E-state index in [9.17, 15) is 14.4 Å². The predicted octanol–water partition coefficient (Wildman–Crippen LogP) is 14.6. The highest BCUT2D eigenvalue weighted by Gasteiger charge is 2.19. The van der Waals surface area contributed by atoms with Gasteiger partial charge < -0.3 is 14.2 Å². The van der Waals surface area contributed by atoms with Gasteiger partial charge in [0.1, 0.15) is 13.2 Å². The number of carbonyl (C=O) groups excluding carboxylic acids is 3. The van der Waals surface area contributed by atoms with E-state index in [1.807, 2.05) is 42.5 Å². The normalized spacial score (nSPS) is 13.2. The number of esters is 3. The Labute approximate surface area is 354 Å². The smallest absolute Gasteiger partial charge is 0.306 e. The van der Waals surface area contributed by atoms with Crippen LogP contribution in [0.15, 0.2) is 122 Å². The van der Waals surface area contributed by atoms with E-state index >= 15 is 0 Å². The van der Waals surface area contributed by atoms with Gasteiger partial charge in [-0.1, -0.05) is 181 Å². The molecule has 1 unspecified atom stereocenters. The first kappa shape index (κ1) is 53.8. The van der Waals surface area contributed by atoms with Gasteiger partial charge >= 0.3 is 17.9 Å². The Kier molecular flexibility index (Phi) is 42.2. The van der Waals surface area contributed by atoms with Crippen LogP contribution in [0.2, 0.25) is 0 Å². The molecule has 0 radical (unpaired) electrons. The maximum absolute atomic E-state index is 12.7. The number of unbranched alkanes of at least 4 members (excludes halogenated alkanes) is 12. The third-order valence-corrected chi connectivity index (χ3v) is 8.85. The van der Waals surface area contributed by atoms with Gasteiger partial charge in [0.25, 0.3) is 0 Å². The average molecular weight is 801 g/mol. The molecule has 58 heavy (non-hydrogen) atoms. The van der Waals surface area contributed by atoms with E-state index in [0.29, 0.717) is 19.3 Å². The van der Waals surface area contributed by atoms with Crippen LogP contribution in [0.1, 0.15) is 168 Å². The first-order valence-corrected chi connectivity index (χ1v) is 22.6. The molecule has 0 aliphatic rings. The molecular formula is C52H80O6. The summed E-state index contributed by atoms with van der Waals surface area (Å²) in [5, 5.41) is 0. The van der Waals surface area contributed by atoms with Gasteiger partial charge in [0.2, 0.25) is 0 Å². The summed E-state index contributed by atoms with van der Waals surface area (Å²) in [6.45, 7) is 6.14. The first-order valence-electron chi connectivity index (χ1n) is 22.6.